The zero-order valence-corrected chi connectivity index (χ0v) is 10.8. The van der Waals surface area contributed by atoms with Gasteiger partial charge in [-0.2, -0.15) is 0 Å². The molecule has 1 atom stereocenters. The molecule has 0 radical (unpaired) electrons. The Labute approximate surface area is 107 Å². The van der Waals surface area contributed by atoms with Gasteiger partial charge in [0.15, 0.2) is 0 Å². The summed E-state index contributed by atoms with van der Waals surface area (Å²) in [5, 5.41) is 1.23. The van der Waals surface area contributed by atoms with Crippen molar-refractivity contribution in [2.24, 2.45) is 5.73 Å². The van der Waals surface area contributed by atoms with Gasteiger partial charge >= 0.3 is 0 Å². The topological polar surface area (TPSA) is 26.0 Å². The monoisotopic (exact) mass is 265 g/mol. The van der Waals surface area contributed by atoms with Crippen LogP contribution in [0, 0.1) is 0 Å². The summed E-state index contributed by atoms with van der Waals surface area (Å²) < 4.78 is 0. The maximum Gasteiger partial charge on any atom is 0.0424 e. The molecule has 0 fully saturated rings. The van der Waals surface area contributed by atoms with Crippen molar-refractivity contribution < 1.29 is 0 Å². The van der Waals surface area contributed by atoms with Crippen molar-refractivity contribution in [3.05, 3.63) is 46.0 Å². The van der Waals surface area contributed by atoms with Gasteiger partial charge in [-0.15, -0.1) is 19.0 Å². The van der Waals surface area contributed by atoms with E-state index in [4.69, 9.17) is 28.9 Å². The van der Waals surface area contributed by atoms with Crippen molar-refractivity contribution in [3.63, 3.8) is 0 Å². The molecule has 1 aromatic rings. The van der Waals surface area contributed by atoms with Crippen molar-refractivity contribution >= 4 is 35.6 Å². The fourth-order valence-electron chi connectivity index (χ4n) is 1.28. The van der Waals surface area contributed by atoms with Gasteiger partial charge in [-0.05, 0) is 37.1 Å². The van der Waals surface area contributed by atoms with Crippen molar-refractivity contribution in [2.45, 2.75) is 19.4 Å². The lowest BCUT2D eigenvalue weighted by atomic mass is 10.0. The van der Waals surface area contributed by atoms with Crippen LogP contribution in [0.2, 0.25) is 10.0 Å². The van der Waals surface area contributed by atoms with Crippen molar-refractivity contribution in [1.29, 1.82) is 0 Å². The molecule has 0 spiro atoms. The minimum atomic E-state index is -0.0799. The van der Waals surface area contributed by atoms with Crippen LogP contribution in [-0.2, 0) is 0 Å². The van der Waals surface area contributed by atoms with Gasteiger partial charge in [-0.3, -0.25) is 0 Å². The van der Waals surface area contributed by atoms with E-state index in [9.17, 15) is 0 Å². The second-order valence-electron chi connectivity index (χ2n) is 3.47. The van der Waals surface area contributed by atoms with Crippen LogP contribution in [0.4, 0.5) is 0 Å². The molecule has 84 valence electrons. The summed E-state index contributed by atoms with van der Waals surface area (Å²) in [4.78, 5) is 0. The first-order valence-electron chi connectivity index (χ1n) is 4.35. The number of rotatable bonds is 3. The van der Waals surface area contributed by atoms with Crippen LogP contribution in [0.15, 0.2) is 30.4 Å². The summed E-state index contributed by atoms with van der Waals surface area (Å²) in [6.45, 7) is 5.77. The molecule has 1 aromatic carbocycles. The minimum absolute atomic E-state index is 0. The molecule has 0 saturated heterocycles. The van der Waals surface area contributed by atoms with E-state index in [-0.39, 0.29) is 18.4 Å². The van der Waals surface area contributed by atoms with E-state index in [0.29, 0.717) is 10.0 Å². The van der Waals surface area contributed by atoms with Gasteiger partial charge in [0, 0.05) is 16.1 Å². The Hall–Kier alpha value is -0.210. The molecule has 0 amide bonds. The van der Waals surface area contributed by atoms with Gasteiger partial charge < -0.3 is 5.73 Å². The van der Waals surface area contributed by atoms with Crippen LogP contribution >= 0.6 is 35.6 Å². The SMILES string of the molecule is C=C(C)C[C@H](N)c1cc(Cl)cc(Cl)c1.Cl. The van der Waals surface area contributed by atoms with Gasteiger partial charge in [0.1, 0.15) is 0 Å². The number of hydrogen-bond acceptors (Lipinski definition) is 1. The Morgan fingerprint density at radius 2 is 1.80 bits per heavy atom. The van der Waals surface area contributed by atoms with Gasteiger partial charge in [0.2, 0.25) is 0 Å². The van der Waals surface area contributed by atoms with Gasteiger partial charge in [-0.1, -0.05) is 28.8 Å². The maximum atomic E-state index is 5.96. The van der Waals surface area contributed by atoms with Crippen LogP contribution in [0.3, 0.4) is 0 Å². The molecule has 0 saturated carbocycles. The number of hydrogen-bond donors (Lipinski definition) is 1. The Morgan fingerprint density at radius 1 is 1.33 bits per heavy atom. The van der Waals surface area contributed by atoms with Gasteiger partial charge in [0.05, 0.1) is 0 Å². The third kappa shape index (κ3) is 4.89. The zero-order chi connectivity index (χ0) is 10.7. The highest BCUT2D eigenvalue weighted by Crippen LogP contribution is 2.25. The third-order valence-electron chi connectivity index (χ3n) is 1.88. The Bertz CT molecular complexity index is 329. The average Bonchev–Trinajstić information content (AvgIpc) is 2.00. The van der Waals surface area contributed by atoms with Crippen molar-refractivity contribution in [2.75, 3.05) is 0 Å². The lowest BCUT2D eigenvalue weighted by molar-refractivity contribution is 0.717. The molecule has 1 nitrogen and oxygen atoms in total. The van der Waals surface area contributed by atoms with Gasteiger partial charge in [-0.25, -0.2) is 0 Å². The molecular formula is C11H14Cl3N. The lowest BCUT2D eigenvalue weighted by Crippen LogP contribution is -2.10. The fraction of sp³-hybridized carbons (Fsp3) is 0.273. The summed E-state index contributed by atoms with van der Waals surface area (Å²) in [6.07, 6.45) is 0.747. The van der Waals surface area contributed by atoms with E-state index < -0.39 is 0 Å². The molecule has 0 aliphatic rings. The predicted molar refractivity (Wildman–Crippen MR) is 70.1 cm³/mol. The minimum Gasteiger partial charge on any atom is -0.324 e. The first-order chi connectivity index (χ1) is 6.49. The predicted octanol–water partition coefficient (Wildman–Crippen LogP) is 4.38. The van der Waals surface area contributed by atoms with E-state index in [1.54, 1.807) is 6.07 Å². The van der Waals surface area contributed by atoms with Crippen molar-refractivity contribution in [1.82, 2.24) is 0 Å². The second-order valence-corrected chi connectivity index (χ2v) is 4.34. The van der Waals surface area contributed by atoms with E-state index in [1.807, 2.05) is 19.1 Å². The van der Waals surface area contributed by atoms with Crippen LogP contribution in [0.5, 0.6) is 0 Å². The van der Waals surface area contributed by atoms with Gasteiger partial charge in [0.25, 0.3) is 0 Å². The average molecular weight is 267 g/mol. The molecule has 0 heterocycles. The first-order valence-corrected chi connectivity index (χ1v) is 5.10. The summed E-state index contributed by atoms with van der Waals surface area (Å²) >= 11 is 11.7. The molecule has 0 bridgehead atoms. The molecule has 0 aromatic heterocycles. The molecule has 4 heteroatoms. The molecule has 0 unspecified atom stereocenters. The highest BCUT2D eigenvalue weighted by molar-refractivity contribution is 6.34. The van der Waals surface area contributed by atoms with E-state index in [0.717, 1.165) is 17.6 Å². The van der Waals surface area contributed by atoms with Crippen LogP contribution in [0.25, 0.3) is 0 Å². The summed E-state index contributed by atoms with van der Waals surface area (Å²) in [5.74, 6) is 0. The normalized spacial score (nSPS) is 11.7. The smallest absolute Gasteiger partial charge is 0.0424 e. The summed E-state index contributed by atoms with van der Waals surface area (Å²) in [7, 11) is 0. The van der Waals surface area contributed by atoms with Crippen LogP contribution < -0.4 is 5.73 Å². The lowest BCUT2D eigenvalue weighted by Gasteiger charge is -2.12. The summed E-state index contributed by atoms with van der Waals surface area (Å²) in [5.41, 5.74) is 7.95. The highest BCUT2D eigenvalue weighted by Gasteiger charge is 2.07. The molecule has 15 heavy (non-hydrogen) atoms. The highest BCUT2D eigenvalue weighted by atomic mass is 35.5. The van der Waals surface area contributed by atoms with Crippen molar-refractivity contribution in [3.8, 4) is 0 Å². The van der Waals surface area contributed by atoms with Crippen LogP contribution in [0.1, 0.15) is 24.9 Å². The molecular weight excluding hydrogens is 252 g/mol. The second kappa shape index (κ2) is 6.39. The summed E-state index contributed by atoms with van der Waals surface area (Å²) in [6, 6.07) is 5.28. The first kappa shape index (κ1) is 14.8. The quantitative estimate of drug-likeness (QED) is 0.807. The van der Waals surface area contributed by atoms with E-state index >= 15 is 0 Å². The van der Waals surface area contributed by atoms with Crippen LogP contribution in [-0.4, -0.2) is 0 Å². The standard InChI is InChI=1S/C11H13Cl2N.ClH/c1-7(2)3-11(14)8-4-9(12)6-10(13)5-8;/h4-6,11H,1,3,14H2,2H3;1H/t11-;/m0./s1. The number of nitrogens with two attached hydrogens (primary N) is 1. The largest absolute Gasteiger partial charge is 0.324 e. The zero-order valence-electron chi connectivity index (χ0n) is 8.47. The Morgan fingerprint density at radius 3 is 2.20 bits per heavy atom. The third-order valence-corrected chi connectivity index (χ3v) is 2.32. The fourth-order valence-corrected chi connectivity index (χ4v) is 1.83. The molecule has 0 aliphatic heterocycles. The Kier molecular flexibility index (Phi) is 6.30. The van der Waals surface area contributed by atoms with E-state index in [2.05, 4.69) is 6.58 Å². The number of benzene rings is 1. The number of halogens is 3. The maximum absolute atomic E-state index is 5.96. The molecule has 1 rings (SSSR count). The molecule has 2 N–H and O–H groups in total. The van der Waals surface area contributed by atoms with E-state index in [1.165, 1.54) is 0 Å². The molecule has 0 aliphatic carbocycles. The Balaban J connectivity index is 0.00000196.